The summed E-state index contributed by atoms with van der Waals surface area (Å²) in [6.07, 6.45) is 1.50. The average molecular weight is 416 g/mol. The Morgan fingerprint density at radius 2 is 1.82 bits per heavy atom. The van der Waals surface area contributed by atoms with E-state index in [1.165, 1.54) is 18.1 Å². The van der Waals surface area contributed by atoms with Gasteiger partial charge in [0.1, 0.15) is 11.3 Å². The van der Waals surface area contributed by atoms with Crippen LogP contribution in [-0.4, -0.2) is 38.1 Å². The van der Waals surface area contributed by atoms with Crippen LogP contribution in [-0.2, 0) is 9.59 Å². The zero-order valence-corrected chi connectivity index (χ0v) is 17.1. The molecule has 8 heteroatoms. The molecule has 0 unspecified atom stereocenters. The SMILES string of the molecule is COc1cc(N(C)C)ccc1/C=C1\C(=O)NC(=S)N(c2ccc(Cl)cc2)C1=O. The van der Waals surface area contributed by atoms with Crippen molar-refractivity contribution < 1.29 is 14.3 Å². The van der Waals surface area contributed by atoms with Crippen molar-refractivity contribution in [1.82, 2.24) is 5.32 Å². The van der Waals surface area contributed by atoms with Crippen molar-refractivity contribution in [3.8, 4) is 5.75 Å². The normalized spacial score (nSPS) is 15.6. The first-order valence-corrected chi connectivity index (χ1v) is 9.13. The summed E-state index contributed by atoms with van der Waals surface area (Å²) in [6, 6.07) is 12.1. The van der Waals surface area contributed by atoms with Gasteiger partial charge in [-0.3, -0.25) is 19.8 Å². The summed E-state index contributed by atoms with van der Waals surface area (Å²) in [7, 11) is 5.36. The molecule has 2 amide bonds. The van der Waals surface area contributed by atoms with Crippen molar-refractivity contribution in [2.24, 2.45) is 0 Å². The Morgan fingerprint density at radius 3 is 2.43 bits per heavy atom. The van der Waals surface area contributed by atoms with Crippen molar-refractivity contribution in [2.45, 2.75) is 0 Å². The number of thiocarbonyl (C=S) groups is 1. The number of nitrogens with zero attached hydrogens (tertiary/aromatic N) is 2. The maximum Gasteiger partial charge on any atom is 0.270 e. The van der Waals surface area contributed by atoms with E-state index in [4.69, 9.17) is 28.6 Å². The number of amides is 2. The van der Waals surface area contributed by atoms with E-state index in [0.29, 0.717) is 22.0 Å². The average Bonchev–Trinajstić information content (AvgIpc) is 2.66. The van der Waals surface area contributed by atoms with Crippen LogP contribution in [0.4, 0.5) is 11.4 Å². The number of methoxy groups -OCH3 is 1. The first kappa shape index (κ1) is 19.9. The van der Waals surface area contributed by atoms with Gasteiger partial charge in [0, 0.05) is 36.4 Å². The number of hydrogen-bond donors (Lipinski definition) is 1. The fourth-order valence-electron chi connectivity index (χ4n) is 2.73. The molecule has 3 rings (SSSR count). The van der Waals surface area contributed by atoms with Gasteiger partial charge in [-0.25, -0.2) is 0 Å². The molecule has 2 aromatic rings. The molecule has 1 heterocycles. The first-order chi connectivity index (χ1) is 13.3. The lowest BCUT2D eigenvalue weighted by molar-refractivity contribution is -0.122. The van der Waals surface area contributed by atoms with Crippen LogP contribution in [0.5, 0.6) is 5.75 Å². The molecular weight excluding hydrogens is 398 g/mol. The number of hydrogen-bond acceptors (Lipinski definition) is 5. The van der Waals surface area contributed by atoms with Gasteiger partial charge in [-0.05, 0) is 54.7 Å². The van der Waals surface area contributed by atoms with E-state index in [1.54, 1.807) is 30.3 Å². The monoisotopic (exact) mass is 415 g/mol. The standard InChI is InChI=1S/C20H18ClN3O3S/c1-23(2)15-7-4-12(17(11-15)27-3)10-16-18(25)22-20(28)24(19(16)26)14-8-5-13(21)6-9-14/h4-11H,1-3H3,(H,22,25,28)/b16-10+. The summed E-state index contributed by atoms with van der Waals surface area (Å²) in [6.45, 7) is 0. The molecule has 1 aliphatic rings. The molecule has 1 N–H and O–H groups in total. The molecule has 0 bridgehead atoms. The largest absolute Gasteiger partial charge is 0.496 e. The first-order valence-electron chi connectivity index (χ1n) is 8.34. The Balaban J connectivity index is 2.03. The van der Waals surface area contributed by atoms with Crippen LogP contribution >= 0.6 is 23.8 Å². The Hall–Kier alpha value is -2.90. The van der Waals surface area contributed by atoms with Gasteiger partial charge in [-0.15, -0.1) is 0 Å². The van der Waals surface area contributed by atoms with Crippen molar-refractivity contribution in [1.29, 1.82) is 0 Å². The molecule has 0 spiro atoms. The topological polar surface area (TPSA) is 61.9 Å². The molecule has 0 aliphatic carbocycles. The Morgan fingerprint density at radius 1 is 1.14 bits per heavy atom. The third kappa shape index (κ3) is 3.85. The number of ether oxygens (including phenoxy) is 1. The van der Waals surface area contributed by atoms with Gasteiger partial charge in [0.25, 0.3) is 11.8 Å². The minimum atomic E-state index is -0.557. The van der Waals surface area contributed by atoms with Crippen molar-refractivity contribution in [3.05, 3.63) is 58.6 Å². The minimum absolute atomic E-state index is 0.0180. The highest BCUT2D eigenvalue weighted by Crippen LogP contribution is 2.29. The zero-order valence-electron chi connectivity index (χ0n) is 15.5. The van der Waals surface area contributed by atoms with Crippen LogP contribution in [0.15, 0.2) is 48.0 Å². The highest BCUT2D eigenvalue weighted by atomic mass is 35.5. The quantitative estimate of drug-likeness (QED) is 0.472. The molecule has 1 aliphatic heterocycles. The van der Waals surface area contributed by atoms with E-state index in [9.17, 15) is 9.59 Å². The third-order valence-corrected chi connectivity index (χ3v) is 4.76. The molecule has 1 saturated heterocycles. The van der Waals surface area contributed by atoms with Crippen molar-refractivity contribution in [2.75, 3.05) is 31.0 Å². The number of anilines is 2. The maximum absolute atomic E-state index is 13.0. The van der Waals surface area contributed by atoms with E-state index in [0.717, 1.165) is 5.69 Å². The number of rotatable bonds is 4. The van der Waals surface area contributed by atoms with Crippen LogP contribution in [0.2, 0.25) is 5.02 Å². The van der Waals surface area contributed by atoms with Gasteiger partial charge in [-0.1, -0.05) is 11.6 Å². The van der Waals surface area contributed by atoms with Gasteiger partial charge < -0.3 is 9.64 Å². The zero-order chi connectivity index (χ0) is 20.4. The van der Waals surface area contributed by atoms with Crippen molar-refractivity contribution >= 4 is 58.2 Å². The fourth-order valence-corrected chi connectivity index (χ4v) is 3.14. The molecule has 6 nitrogen and oxygen atoms in total. The summed E-state index contributed by atoms with van der Waals surface area (Å²) < 4.78 is 5.43. The predicted octanol–water partition coefficient (Wildman–Crippen LogP) is 3.25. The van der Waals surface area contributed by atoms with E-state index in [-0.39, 0.29) is 10.7 Å². The third-order valence-electron chi connectivity index (χ3n) is 4.22. The molecule has 0 saturated carbocycles. The summed E-state index contributed by atoms with van der Waals surface area (Å²) >= 11 is 11.1. The highest BCUT2D eigenvalue weighted by Gasteiger charge is 2.34. The molecular formula is C20H18ClN3O3S. The molecule has 2 aromatic carbocycles. The number of benzene rings is 2. The molecule has 1 fully saturated rings. The fraction of sp³-hybridized carbons (Fsp3) is 0.150. The second-order valence-corrected chi connectivity index (χ2v) is 7.08. The summed E-state index contributed by atoms with van der Waals surface area (Å²) in [5.74, 6) is -0.528. The lowest BCUT2D eigenvalue weighted by atomic mass is 10.1. The summed E-state index contributed by atoms with van der Waals surface area (Å²) in [4.78, 5) is 28.7. The lowest BCUT2D eigenvalue weighted by Gasteiger charge is -2.29. The van der Waals surface area contributed by atoms with Gasteiger partial charge >= 0.3 is 0 Å². The van der Waals surface area contributed by atoms with E-state index >= 15 is 0 Å². The summed E-state index contributed by atoms with van der Waals surface area (Å²) in [5.41, 5.74) is 2.01. The minimum Gasteiger partial charge on any atom is -0.496 e. The van der Waals surface area contributed by atoms with Crippen LogP contribution < -0.4 is 19.9 Å². The van der Waals surface area contributed by atoms with Gasteiger partial charge in [0.05, 0.1) is 12.8 Å². The predicted molar refractivity (Wildman–Crippen MR) is 115 cm³/mol. The number of carbonyl (C=O) groups excluding carboxylic acids is 2. The van der Waals surface area contributed by atoms with E-state index in [2.05, 4.69) is 5.32 Å². The Labute approximate surface area is 173 Å². The highest BCUT2D eigenvalue weighted by molar-refractivity contribution is 7.80. The Bertz CT molecular complexity index is 987. The van der Waals surface area contributed by atoms with Gasteiger partial charge in [-0.2, -0.15) is 0 Å². The van der Waals surface area contributed by atoms with Gasteiger partial charge in [0.2, 0.25) is 0 Å². The molecule has 28 heavy (non-hydrogen) atoms. The van der Waals surface area contributed by atoms with Crippen molar-refractivity contribution in [3.63, 3.8) is 0 Å². The smallest absolute Gasteiger partial charge is 0.270 e. The van der Waals surface area contributed by atoms with Crippen LogP contribution in [0.3, 0.4) is 0 Å². The molecule has 0 radical (unpaired) electrons. The second kappa shape index (κ2) is 8.00. The van der Waals surface area contributed by atoms with Crippen LogP contribution in [0.1, 0.15) is 5.56 Å². The number of carbonyl (C=O) groups is 2. The summed E-state index contributed by atoms with van der Waals surface area (Å²) in [5, 5.41) is 3.11. The second-order valence-electron chi connectivity index (χ2n) is 6.25. The molecule has 0 aromatic heterocycles. The number of halogens is 1. The maximum atomic E-state index is 13.0. The van der Waals surface area contributed by atoms with Crippen LogP contribution in [0, 0.1) is 0 Å². The van der Waals surface area contributed by atoms with E-state index < -0.39 is 11.8 Å². The number of nitrogens with one attached hydrogen (secondary N) is 1. The lowest BCUT2D eigenvalue weighted by Crippen LogP contribution is -2.54. The molecule has 144 valence electrons. The molecule has 0 atom stereocenters. The van der Waals surface area contributed by atoms with E-state index in [1.807, 2.05) is 31.1 Å². The van der Waals surface area contributed by atoms with Gasteiger partial charge in [0.15, 0.2) is 5.11 Å². The Kier molecular flexibility index (Phi) is 5.67. The van der Waals surface area contributed by atoms with Crippen LogP contribution in [0.25, 0.3) is 6.08 Å².